The minimum atomic E-state index is -0.116. The summed E-state index contributed by atoms with van der Waals surface area (Å²) in [6.07, 6.45) is 4.36. The lowest BCUT2D eigenvalue weighted by atomic mass is 10.0. The topological polar surface area (TPSA) is 9.23 Å². The number of unbranched alkanes of at least 4 members (excludes halogenated alkanes) is 1. The lowest BCUT2D eigenvalue weighted by Crippen LogP contribution is -2.27. The third-order valence-corrected chi connectivity index (χ3v) is 2.19. The molecule has 0 aliphatic carbocycles. The van der Waals surface area contributed by atoms with Crippen LogP contribution in [0.1, 0.15) is 46.5 Å². The van der Waals surface area contributed by atoms with Gasteiger partial charge in [0.05, 0.1) is 5.60 Å². The number of hydrogen-bond donors (Lipinski definition) is 0. The summed E-state index contributed by atoms with van der Waals surface area (Å²) in [5.41, 5.74) is -0.116. The second-order valence-corrected chi connectivity index (χ2v) is 3.09. The van der Waals surface area contributed by atoms with Gasteiger partial charge in [-0.25, -0.2) is 0 Å². The van der Waals surface area contributed by atoms with E-state index in [4.69, 9.17) is 4.74 Å². The molecule has 0 rings (SSSR count). The van der Waals surface area contributed by atoms with Crippen molar-refractivity contribution in [3.05, 3.63) is 6.92 Å². The van der Waals surface area contributed by atoms with Crippen molar-refractivity contribution >= 4 is 0 Å². The number of hydrogen-bond acceptors (Lipinski definition) is 1. The maximum absolute atomic E-state index is 5.66. The Morgan fingerprint density at radius 3 is 2.09 bits per heavy atom. The average Bonchev–Trinajstić information content (AvgIpc) is 2.05. The van der Waals surface area contributed by atoms with Crippen molar-refractivity contribution < 1.29 is 4.74 Å². The summed E-state index contributed by atoms with van der Waals surface area (Å²) in [4.78, 5) is 0. The number of rotatable bonds is 6. The van der Waals surface area contributed by atoms with Gasteiger partial charge in [0.1, 0.15) is 0 Å². The van der Waals surface area contributed by atoms with Gasteiger partial charge in [0, 0.05) is 6.61 Å². The molecule has 1 heteroatoms. The van der Waals surface area contributed by atoms with Crippen molar-refractivity contribution in [2.75, 3.05) is 6.61 Å². The third kappa shape index (κ3) is 4.41. The minimum absolute atomic E-state index is 0.116. The molecule has 0 aliphatic heterocycles. The molecule has 67 valence electrons. The standard InChI is InChI=1S/C10H21O/c1-5-8-9-11-10(4,6-2)7-3/h4-9H2,1-3H3. The lowest BCUT2D eigenvalue weighted by molar-refractivity contribution is -0.0175. The molecule has 0 aromatic carbocycles. The molecular weight excluding hydrogens is 136 g/mol. The van der Waals surface area contributed by atoms with Crippen molar-refractivity contribution in [1.82, 2.24) is 0 Å². The molecule has 0 fully saturated rings. The van der Waals surface area contributed by atoms with E-state index in [1.165, 1.54) is 6.42 Å². The predicted octanol–water partition coefficient (Wildman–Crippen LogP) is 3.20. The molecule has 1 radical (unpaired) electrons. The Kier molecular flexibility index (Phi) is 5.57. The highest BCUT2D eigenvalue weighted by atomic mass is 16.5. The molecule has 0 aromatic rings. The largest absolute Gasteiger partial charge is 0.375 e. The fraction of sp³-hybridized carbons (Fsp3) is 0.900. The first-order valence-electron chi connectivity index (χ1n) is 4.67. The molecule has 0 aliphatic rings. The van der Waals surface area contributed by atoms with Crippen LogP contribution in [0.25, 0.3) is 0 Å². The molecule has 0 aromatic heterocycles. The highest BCUT2D eigenvalue weighted by Gasteiger charge is 2.19. The maximum atomic E-state index is 5.66. The Morgan fingerprint density at radius 2 is 1.73 bits per heavy atom. The van der Waals surface area contributed by atoms with E-state index in [-0.39, 0.29) is 5.60 Å². The highest BCUT2D eigenvalue weighted by Crippen LogP contribution is 2.18. The molecule has 0 N–H and O–H groups in total. The van der Waals surface area contributed by atoms with Crippen molar-refractivity contribution in [3.8, 4) is 0 Å². The molecular formula is C10H21O. The summed E-state index contributed by atoms with van der Waals surface area (Å²) < 4.78 is 5.66. The Bertz CT molecular complexity index is 84.9. The Balaban J connectivity index is 3.51. The molecule has 0 spiro atoms. The van der Waals surface area contributed by atoms with Crippen LogP contribution in [0, 0.1) is 6.92 Å². The van der Waals surface area contributed by atoms with Crippen LogP contribution in [0.5, 0.6) is 0 Å². The summed E-state index contributed by atoms with van der Waals surface area (Å²) >= 11 is 0. The summed E-state index contributed by atoms with van der Waals surface area (Å²) in [5, 5.41) is 0. The SMILES string of the molecule is [CH2]C(CC)(CC)OCCCC. The zero-order valence-electron chi connectivity index (χ0n) is 8.15. The number of ether oxygens (including phenoxy) is 1. The van der Waals surface area contributed by atoms with Gasteiger partial charge in [-0.3, -0.25) is 0 Å². The minimum Gasteiger partial charge on any atom is -0.375 e. The lowest BCUT2D eigenvalue weighted by Gasteiger charge is -2.26. The van der Waals surface area contributed by atoms with Crippen LogP contribution in [-0.2, 0) is 4.74 Å². The van der Waals surface area contributed by atoms with Gasteiger partial charge in [-0.05, 0) is 26.2 Å². The van der Waals surface area contributed by atoms with E-state index < -0.39 is 0 Å². The molecule has 0 saturated carbocycles. The van der Waals surface area contributed by atoms with Crippen molar-refractivity contribution in [2.24, 2.45) is 0 Å². The van der Waals surface area contributed by atoms with Gasteiger partial charge in [-0.1, -0.05) is 27.2 Å². The molecule has 0 amide bonds. The quantitative estimate of drug-likeness (QED) is 0.538. The smallest absolute Gasteiger partial charge is 0.0678 e. The third-order valence-electron chi connectivity index (χ3n) is 2.19. The van der Waals surface area contributed by atoms with E-state index in [2.05, 4.69) is 27.7 Å². The van der Waals surface area contributed by atoms with Crippen molar-refractivity contribution in [3.63, 3.8) is 0 Å². The van der Waals surface area contributed by atoms with Gasteiger partial charge in [0.25, 0.3) is 0 Å². The monoisotopic (exact) mass is 157 g/mol. The van der Waals surface area contributed by atoms with Crippen LogP contribution < -0.4 is 0 Å². The molecule has 0 unspecified atom stereocenters. The van der Waals surface area contributed by atoms with E-state index in [1.807, 2.05) is 0 Å². The second kappa shape index (κ2) is 5.59. The van der Waals surface area contributed by atoms with Crippen LogP contribution in [0.3, 0.4) is 0 Å². The van der Waals surface area contributed by atoms with E-state index in [0.717, 1.165) is 25.9 Å². The molecule has 0 saturated heterocycles. The van der Waals surface area contributed by atoms with E-state index >= 15 is 0 Å². The van der Waals surface area contributed by atoms with Gasteiger partial charge >= 0.3 is 0 Å². The zero-order chi connectivity index (χ0) is 8.74. The molecule has 0 atom stereocenters. The fourth-order valence-electron chi connectivity index (χ4n) is 0.887. The average molecular weight is 157 g/mol. The van der Waals surface area contributed by atoms with E-state index in [0.29, 0.717) is 0 Å². The highest BCUT2D eigenvalue weighted by molar-refractivity contribution is 4.79. The zero-order valence-corrected chi connectivity index (χ0v) is 8.15. The van der Waals surface area contributed by atoms with Crippen LogP contribution >= 0.6 is 0 Å². The Hall–Kier alpha value is -0.0400. The first-order chi connectivity index (χ1) is 5.18. The second-order valence-electron chi connectivity index (χ2n) is 3.09. The van der Waals surface area contributed by atoms with Gasteiger partial charge in [-0.2, -0.15) is 0 Å². The van der Waals surface area contributed by atoms with Gasteiger partial charge in [0.15, 0.2) is 0 Å². The fourth-order valence-corrected chi connectivity index (χ4v) is 0.887. The normalized spacial score (nSPS) is 12.0. The molecule has 1 nitrogen and oxygen atoms in total. The maximum Gasteiger partial charge on any atom is 0.0678 e. The van der Waals surface area contributed by atoms with Crippen LogP contribution in [0.4, 0.5) is 0 Å². The first kappa shape index (κ1) is 11.0. The van der Waals surface area contributed by atoms with Crippen LogP contribution in [0.2, 0.25) is 0 Å². The summed E-state index contributed by atoms with van der Waals surface area (Å²) in [7, 11) is 0. The summed E-state index contributed by atoms with van der Waals surface area (Å²) in [5.74, 6) is 0. The van der Waals surface area contributed by atoms with E-state index in [9.17, 15) is 0 Å². The van der Waals surface area contributed by atoms with Crippen molar-refractivity contribution in [2.45, 2.75) is 52.1 Å². The van der Waals surface area contributed by atoms with Gasteiger partial charge < -0.3 is 4.74 Å². The molecule has 0 bridgehead atoms. The Labute approximate surface area is 71.1 Å². The van der Waals surface area contributed by atoms with Crippen LogP contribution in [-0.4, -0.2) is 12.2 Å². The van der Waals surface area contributed by atoms with Crippen molar-refractivity contribution in [1.29, 1.82) is 0 Å². The predicted molar refractivity (Wildman–Crippen MR) is 49.5 cm³/mol. The molecule has 0 heterocycles. The summed E-state index contributed by atoms with van der Waals surface area (Å²) in [6.45, 7) is 11.3. The van der Waals surface area contributed by atoms with Gasteiger partial charge in [-0.15, -0.1) is 0 Å². The summed E-state index contributed by atoms with van der Waals surface area (Å²) in [6, 6.07) is 0. The first-order valence-corrected chi connectivity index (χ1v) is 4.67. The van der Waals surface area contributed by atoms with Gasteiger partial charge in [0.2, 0.25) is 0 Å². The Morgan fingerprint density at radius 1 is 1.18 bits per heavy atom. The van der Waals surface area contributed by atoms with E-state index in [1.54, 1.807) is 0 Å². The molecule has 11 heavy (non-hydrogen) atoms. The van der Waals surface area contributed by atoms with Crippen LogP contribution in [0.15, 0.2) is 0 Å².